The molecule has 1 aliphatic carbocycles. The number of hydrogen-bond donors (Lipinski definition) is 0. The van der Waals surface area contributed by atoms with Crippen molar-refractivity contribution in [2.75, 3.05) is 6.54 Å². The lowest BCUT2D eigenvalue weighted by atomic mass is 9.95. The summed E-state index contributed by atoms with van der Waals surface area (Å²) < 4.78 is 0. The molecule has 2 aromatic carbocycles. The Hall–Kier alpha value is -2.88. The van der Waals surface area contributed by atoms with Crippen molar-refractivity contribution in [2.45, 2.75) is 64.5 Å². The van der Waals surface area contributed by atoms with E-state index in [-0.39, 0.29) is 17.9 Å². The summed E-state index contributed by atoms with van der Waals surface area (Å²) in [6.07, 6.45) is 7.63. The van der Waals surface area contributed by atoms with Gasteiger partial charge in [-0.05, 0) is 30.9 Å². The molecule has 0 bridgehead atoms. The number of nitrogens with zero attached hydrogens (tertiary/aromatic N) is 2. The maximum absolute atomic E-state index is 13.8. The van der Waals surface area contributed by atoms with E-state index in [1.54, 1.807) is 4.90 Å². The molecule has 0 N–H and O–H groups in total. The van der Waals surface area contributed by atoms with E-state index in [1.807, 2.05) is 48.5 Å². The van der Waals surface area contributed by atoms with Crippen molar-refractivity contribution in [3.05, 3.63) is 77.5 Å². The summed E-state index contributed by atoms with van der Waals surface area (Å²) >= 11 is 0. The van der Waals surface area contributed by atoms with Gasteiger partial charge in [0.1, 0.15) is 5.70 Å². The third kappa shape index (κ3) is 4.58. The van der Waals surface area contributed by atoms with Gasteiger partial charge in [-0.1, -0.05) is 92.8 Å². The van der Waals surface area contributed by atoms with E-state index < -0.39 is 0 Å². The zero-order chi connectivity index (χ0) is 21.6. The number of benzene rings is 2. The van der Waals surface area contributed by atoms with Gasteiger partial charge in [-0.15, -0.1) is 0 Å². The SMILES string of the molecule is CCN(Cc1ccccc1)C1=C(c2ccccc2)C(=O)N(C2CCCCCCC2)C1=O. The molecular formula is C27H32N2O2. The Bertz CT molecular complexity index is 928. The van der Waals surface area contributed by atoms with Crippen LogP contribution < -0.4 is 0 Å². The highest BCUT2D eigenvalue weighted by atomic mass is 16.2. The van der Waals surface area contributed by atoms with Crippen molar-refractivity contribution in [1.29, 1.82) is 0 Å². The van der Waals surface area contributed by atoms with E-state index in [9.17, 15) is 9.59 Å². The van der Waals surface area contributed by atoms with Gasteiger partial charge in [0, 0.05) is 19.1 Å². The Morgan fingerprint density at radius 1 is 0.806 bits per heavy atom. The maximum atomic E-state index is 13.8. The highest BCUT2D eigenvalue weighted by Crippen LogP contribution is 2.36. The Balaban J connectivity index is 1.72. The Morgan fingerprint density at radius 3 is 2.00 bits per heavy atom. The Morgan fingerprint density at radius 2 is 1.39 bits per heavy atom. The fourth-order valence-electron chi connectivity index (χ4n) is 4.87. The van der Waals surface area contributed by atoms with Gasteiger partial charge in [0.05, 0.1) is 5.57 Å². The van der Waals surface area contributed by atoms with Crippen molar-refractivity contribution in [3.63, 3.8) is 0 Å². The average Bonchev–Trinajstić information content (AvgIpc) is 3.03. The van der Waals surface area contributed by atoms with Crippen LogP contribution in [-0.2, 0) is 16.1 Å². The molecule has 0 unspecified atom stereocenters. The first kappa shape index (κ1) is 21.4. The molecule has 2 amide bonds. The Kier molecular flexibility index (Phi) is 6.86. The van der Waals surface area contributed by atoms with Crippen LogP contribution in [0.25, 0.3) is 5.57 Å². The van der Waals surface area contributed by atoms with Crippen molar-refractivity contribution < 1.29 is 9.59 Å². The van der Waals surface area contributed by atoms with E-state index >= 15 is 0 Å². The van der Waals surface area contributed by atoms with Crippen molar-refractivity contribution in [3.8, 4) is 0 Å². The number of likely N-dealkylation sites (N-methyl/N-ethyl adjacent to an activating group) is 1. The molecule has 31 heavy (non-hydrogen) atoms. The lowest BCUT2D eigenvalue weighted by Crippen LogP contribution is -2.42. The highest BCUT2D eigenvalue weighted by molar-refractivity contribution is 6.35. The molecule has 162 valence electrons. The summed E-state index contributed by atoms with van der Waals surface area (Å²) in [5.74, 6) is -0.240. The molecule has 0 radical (unpaired) electrons. The van der Waals surface area contributed by atoms with Crippen LogP contribution in [0, 0.1) is 0 Å². The largest absolute Gasteiger partial charge is 0.362 e. The van der Waals surface area contributed by atoms with Crippen LogP contribution in [0.2, 0.25) is 0 Å². The number of amides is 2. The van der Waals surface area contributed by atoms with Crippen LogP contribution in [0.4, 0.5) is 0 Å². The zero-order valence-electron chi connectivity index (χ0n) is 18.4. The van der Waals surface area contributed by atoms with Gasteiger partial charge in [0.2, 0.25) is 0 Å². The van der Waals surface area contributed by atoms with Crippen LogP contribution in [0.15, 0.2) is 66.4 Å². The fourth-order valence-corrected chi connectivity index (χ4v) is 4.87. The lowest BCUT2D eigenvalue weighted by molar-refractivity contribution is -0.140. The van der Waals surface area contributed by atoms with Crippen molar-refractivity contribution in [2.24, 2.45) is 0 Å². The molecule has 1 heterocycles. The molecule has 0 spiro atoms. The van der Waals surface area contributed by atoms with Gasteiger partial charge in [-0.2, -0.15) is 0 Å². The number of rotatable bonds is 6. The maximum Gasteiger partial charge on any atom is 0.278 e. The molecule has 4 heteroatoms. The summed E-state index contributed by atoms with van der Waals surface area (Å²) in [5, 5.41) is 0. The number of imide groups is 1. The summed E-state index contributed by atoms with van der Waals surface area (Å²) in [7, 11) is 0. The van der Waals surface area contributed by atoms with E-state index in [0.717, 1.165) is 36.8 Å². The van der Waals surface area contributed by atoms with Crippen LogP contribution in [0.3, 0.4) is 0 Å². The molecule has 4 nitrogen and oxygen atoms in total. The summed E-state index contributed by atoms with van der Waals surface area (Å²) in [5.41, 5.74) is 3.08. The summed E-state index contributed by atoms with van der Waals surface area (Å²) in [4.78, 5) is 31.2. The first-order valence-corrected chi connectivity index (χ1v) is 11.7. The molecular weight excluding hydrogens is 384 g/mol. The zero-order valence-corrected chi connectivity index (χ0v) is 18.4. The van der Waals surface area contributed by atoms with E-state index in [4.69, 9.17) is 0 Å². The predicted molar refractivity (Wildman–Crippen MR) is 124 cm³/mol. The van der Waals surface area contributed by atoms with Gasteiger partial charge in [0.15, 0.2) is 0 Å². The molecule has 0 aromatic heterocycles. The number of hydrogen-bond acceptors (Lipinski definition) is 3. The highest BCUT2D eigenvalue weighted by Gasteiger charge is 2.44. The van der Waals surface area contributed by atoms with Crippen LogP contribution in [-0.4, -0.2) is 34.2 Å². The normalized spacial score (nSPS) is 18.3. The second-order valence-electron chi connectivity index (χ2n) is 8.57. The molecule has 2 aromatic rings. The minimum Gasteiger partial charge on any atom is -0.362 e. The molecule has 0 saturated heterocycles. The molecule has 0 atom stereocenters. The third-order valence-corrected chi connectivity index (χ3v) is 6.51. The van der Waals surface area contributed by atoms with Gasteiger partial charge < -0.3 is 4.90 Å². The first-order valence-electron chi connectivity index (χ1n) is 11.7. The van der Waals surface area contributed by atoms with Gasteiger partial charge in [0.25, 0.3) is 11.8 Å². The Labute approximate surface area is 185 Å². The number of carbonyl (C=O) groups is 2. The molecule has 4 rings (SSSR count). The van der Waals surface area contributed by atoms with Crippen LogP contribution in [0.5, 0.6) is 0 Å². The van der Waals surface area contributed by atoms with E-state index in [1.165, 1.54) is 19.3 Å². The van der Waals surface area contributed by atoms with Crippen LogP contribution >= 0.6 is 0 Å². The topological polar surface area (TPSA) is 40.6 Å². The molecule has 1 fully saturated rings. The van der Waals surface area contributed by atoms with Crippen molar-refractivity contribution >= 4 is 17.4 Å². The fraction of sp³-hybridized carbons (Fsp3) is 0.407. The second-order valence-corrected chi connectivity index (χ2v) is 8.57. The average molecular weight is 417 g/mol. The van der Waals surface area contributed by atoms with E-state index in [2.05, 4.69) is 24.0 Å². The van der Waals surface area contributed by atoms with E-state index in [0.29, 0.717) is 24.4 Å². The van der Waals surface area contributed by atoms with Crippen molar-refractivity contribution in [1.82, 2.24) is 9.80 Å². The monoisotopic (exact) mass is 416 g/mol. The minimum atomic E-state index is -0.122. The molecule has 1 aliphatic heterocycles. The van der Waals surface area contributed by atoms with Crippen LogP contribution in [0.1, 0.15) is 63.0 Å². The van der Waals surface area contributed by atoms with Gasteiger partial charge >= 0.3 is 0 Å². The number of carbonyl (C=O) groups excluding carboxylic acids is 2. The molecule has 1 saturated carbocycles. The molecule has 2 aliphatic rings. The lowest BCUT2D eigenvalue weighted by Gasteiger charge is -2.30. The van der Waals surface area contributed by atoms with Gasteiger partial charge in [-0.25, -0.2) is 0 Å². The third-order valence-electron chi connectivity index (χ3n) is 6.51. The van der Waals surface area contributed by atoms with Gasteiger partial charge in [-0.3, -0.25) is 14.5 Å². The standard InChI is InChI=1S/C27H32N2O2/c1-2-28(20-21-14-8-6-9-15-21)25-24(22-16-10-7-11-17-22)26(30)29(27(25)31)23-18-12-4-3-5-13-19-23/h6-11,14-17,23H,2-5,12-13,18-20H2,1H3. The predicted octanol–water partition coefficient (Wildman–Crippen LogP) is 5.40. The second kappa shape index (κ2) is 9.95. The first-order chi connectivity index (χ1) is 15.2. The summed E-state index contributed by atoms with van der Waals surface area (Å²) in [6, 6.07) is 19.9. The summed E-state index contributed by atoms with van der Waals surface area (Å²) in [6.45, 7) is 3.33. The smallest absolute Gasteiger partial charge is 0.278 e. The minimum absolute atomic E-state index is 0.00643. The quantitative estimate of drug-likeness (QED) is 0.592.